The highest BCUT2D eigenvalue weighted by atomic mass is 32.1. The van der Waals surface area contributed by atoms with Crippen LogP contribution in [0.5, 0.6) is 0 Å². The molecule has 0 radical (unpaired) electrons. The number of hydrogen-bond donors (Lipinski definition) is 0. The van der Waals surface area contributed by atoms with Gasteiger partial charge in [0.05, 0.1) is 5.69 Å². The topological polar surface area (TPSA) is 39.7 Å². The molecule has 5 nitrogen and oxygen atoms in total. The number of aromatic nitrogens is 1. The summed E-state index contributed by atoms with van der Waals surface area (Å²) in [5.41, 5.74) is 1.69. The summed E-state index contributed by atoms with van der Waals surface area (Å²) in [6.07, 6.45) is 2.59. The number of likely N-dealkylation sites (tertiary alicyclic amines) is 1. The fraction of sp³-hybridized carbons (Fsp3) is 0.474. The van der Waals surface area contributed by atoms with Gasteiger partial charge in [-0.05, 0) is 50.2 Å². The van der Waals surface area contributed by atoms with Crippen LogP contribution < -0.4 is 4.90 Å². The van der Waals surface area contributed by atoms with Gasteiger partial charge in [0.25, 0.3) is 5.91 Å². The number of halogens is 1. The molecule has 1 amide bonds. The lowest BCUT2D eigenvalue weighted by atomic mass is 10.2. The lowest BCUT2D eigenvalue weighted by Crippen LogP contribution is -2.48. The van der Waals surface area contributed by atoms with Crippen LogP contribution >= 0.6 is 11.3 Å². The van der Waals surface area contributed by atoms with E-state index in [0.717, 1.165) is 30.5 Å². The van der Waals surface area contributed by atoms with E-state index in [0.29, 0.717) is 18.7 Å². The molecule has 0 aliphatic carbocycles. The predicted octanol–water partition coefficient (Wildman–Crippen LogP) is 2.84. The molecule has 1 aromatic heterocycles. The molecule has 1 aromatic carbocycles. The van der Waals surface area contributed by atoms with Gasteiger partial charge in [0.2, 0.25) is 0 Å². The van der Waals surface area contributed by atoms with E-state index in [9.17, 15) is 9.18 Å². The van der Waals surface area contributed by atoms with Crippen molar-refractivity contribution in [3.8, 4) is 0 Å². The maximum absolute atomic E-state index is 13.0. The molecule has 0 N–H and O–H groups in total. The first kappa shape index (κ1) is 17.4. The molecule has 2 aliphatic rings. The third-order valence-electron chi connectivity index (χ3n) is 5.05. The molecule has 26 heavy (non-hydrogen) atoms. The van der Waals surface area contributed by atoms with E-state index in [4.69, 9.17) is 4.98 Å². The Hall–Kier alpha value is -1.99. The largest absolute Gasteiger partial charge is 0.345 e. The molecule has 2 fully saturated rings. The molecule has 138 valence electrons. The standard InChI is InChI=1S/C19H23FN4OS/c20-16-5-3-15(4-6-16)18(25)23-9-11-24(12-10-23)19-21-17(14-26-19)13-22-7-1-2-8-22/h3-6,14H,1-2,7-13H2. The molecular formula is C19H23FN4OS. The molecule has 0 spiro atoms. The third kappa shape index (κ3) is 3.88. The van der Waals surface area contributed by atoms with E-state index in [1.807, 2.05) is 4.90 Å². The highest BCUT2D eigenvalue weighted by molar-refractivity contribution is 7.13. The van der Waals surface area contributed by atoms with Gasteiger partial charge in [-0.1, -0.05) is 0 Å². The monoisotopic (exact) mass is 374 g/mol. The number of anilines is 1. The van der Waals surface area contributed by atoms with Crippen molar-refractivity contribution < 1.29 is 9.18 Å². The van der Waals surface area contributed by atoms with Crippen LogP contribution in [-0.2, 0) is 6.54 Å². The number of amides is 1. The molecule has 7 heteroatoms. The Bertz CT molecular complexity index is 749. The lowest BCUT2D eigenvalue weighted by molar-refractivity contribution is 0.0746. The van der Waals surface area contributed by atoms with E-state index in [1.54, 1.807) is 23.5 Å². The smallest absolute Gasteiger partial charge is 0.253 e. The first-order chi connectivity index (χ1) is 12.7. The van der Waals surface area contributed by atoms with Crippen molar-refractivity contribution >= 4 is 22.4 Å². The van der Waals surface area contributed by atoms with Crippen LogP contribution in [0.2, 0.25) is 0 Å². The highest BCUT2D eigenvalue weighted by Crippen LogP contribution is 2.24. The Morgan fingerprint density at radius 1 is 1.04 bits per heavy atom. The summed E-state index contributed by atoms with van der Waals surface area (Å²) in [5.74, 6) is -0.349. The summed E-state index contributed by atoms with van der Waals surface area (Å²) in [4.78, 5) is 23.9. The second-order valence-corrected chi connectivity index (χ2v) is 7.73. The molecule has 0 atom stereocenters. The van der Waals surface area contributed by atoms with Gasteiger partial charge in [-0.2, -0.15) is 0 Å². The Kier molecular flexibility index (Phi) is 5.17. The van der Waals surface area contributed by atoms with Gasteiger partial charge in [0.1, 0.15) is 5.82 Å². The minimum Gasteiger partial charge on any atom is -0.345 e. The number of thiazole rings is 1. The van der Waals surface area contributed by atoms with Crippen molar-refractivity contribution in [2.24, 2.45) is 0 Å². The molecular weight excluding hydrogens is 351 g/mol. The Labute approximate surface area is 157 Å². The van der Waals surface area contributed by atoms with Crippen molar-refractivity contribution in [2.75, 3.05) is 44.2 Å². The first-order valence-corrected chi connectivity index (χ1v) is 10.0. The van der Waals surface area contributed by atoms with Crippen molar-refractivity contribution in [3.05, 3.63) is 46.7 Å². The normalized spacial score (nSPS) is 18.5. The zero-order chi connectivity index (χ0) is 17.9. The van der Waals surface area contributed by atoms with E-state index >= 15 is 0 Å². The summed E-state index contributed by atoms with van der Waals surface area (Å²) in [5, 5.41) is 3.21. The summed E-state index contributed by atoms with van der Waals surface area (Å²) in [6, 6.07) is 5.77. The molecule has 4 rings (SSSR count). The van der Waals surface area contributed by atoms with Crippen LogP contribution in [0.4, 0.5) is 9.52 Å². The number of benzene rings is 1. The molecule has 2 aromatic rings. The maximum Gasteiger partial charge on any atom is 0.253 e. The summed E-state index contributed by atoms with van der Waals surface area (Å²) in [6.45, 7) is 6.19. The predicted molar refractivity (Wildman–Crippen MR) is 101 cm³/mol. The minimum atomic E-state index is -0.320. The van der Waals surface area contributed by atoms with Crippen molar-refractivity contribution in [3.63, 3.8) is 0 Å². The maximum atomic E-state index is 13.0. The van der Waals surface area contributed by atoms with Crippen molar-refractivity contribution in [1.82, 2.24) is 14.8 Å². The second-order valence-electron chi connectivity index (χ2n) is 6.89. The van der Waals surface area contributed by atoms with Crippen LogP contribution in [0.15, 0.2) is 29.6 Å². The molecule has 3 heterocycles. The number of nitrogens with zero attached hydrogens (tertiary/aromatic N) is 4. The highest BCUT2D eigenvalue weighted by Gasteiger charge is 2.24. The number of piperazine rings is 1. The Morgan fingerprint density at radius 3 is 2.42 bits per heavy atom. The zero-order valence-electron chi connectivity index (χ0n) is 14.7. The van der Waals surface area contributed by atoms with Gasteiger partial charge in [-0.25, -0.2) is 9.37 Å². The van der Waals surface area contributed by atoms with Gasteiger partial charge >= 0.3 is 0 Å². The number of hydrogen-bond acceptors (Lipinski definition) is 5. The zero-order valence-corrected chi connectivity index (χ0v) is 15.6. The molecule has 0 saturated carbocycles. The van der Waals surface area contributed by atoms with E-state index < -0.39 is 0 Å². The fourth-order valence-electron chi connectivity index (χ4n) is 3.56. The minimum absolute atomic E-state index is 0.0292. The number of rotatable bonds is 4. The van der Waals surface area contributed by atoms with Crippen LogP contribution in [0.25, 0.3) is 0 Å². The van der Waals surface area contributed by atoms with Gasteiger partial charge in [0.15, 0.2) is 5.13 Å². The van der Waals surface area contributed by atoms with Gasteiger partial charge < -0.3 is 9.80 Å². The fourth-order valence-corrected chi connectivity index (χ4v) is 4.43. The average Bonchev–Trinajstić information content (AvgIpc) is 3.35. The van der Waals surface area contributed by atoms with Gasteiger partial charge in [0, 0.05) is 43.7 Å². The molecule has 2 aliphatic heterocycles. The Balaban J connectivity index is 1.32. The van der Waals surface area contributed by atoms with Crippen molar-refractivity contribution in [1.29, 1.82) is 0 Å². The Morgan fingerprint density at radius 2 is 1.73 bits per heavy atom. The average molecular weight is 374 g/mol. The van der Waals surface area contributed by atoms with Crippen LogP contribution in [0.1, 0.15) is 28.9 Å². The van der Waals surface area contributed by atoms with E-state index in [-0.39, 0.29) is 11.7 Å². The van der Waals surface area contributed by atoms with Crippen LogP contribution in [-0.4, -0.2) is 60.0 Å². The van der Waals surface area contributed by atoms with E-state index in [1.165, 1.54) is 38.1 Å². The second kappa shape index (κ2) is 7.72. The summed E-state index contributed by atoms with van der Waals surface area (Å²) < 4.78 is 13.0. The number of carbonyl (C=O) groups is 1. The van der Waals surface area contributed by atoms with Crippen LogP contribution in [0, 0.1) is 5.82 Å². The molecule has 0 bridgehead atoms. The number of carbonyl (C=O) groups excluding carboxylic acids is 1. The molecule has 0 unspecified atom stereocenters. The lowest BCUT2D eigenvalue weighted by Gasteiger charge is -2.34. The van der Waals surface area contributed by atoms with E-state index in [2.05, 4.69) is 15.2 Å². The summed E-state index contributed by atoms with van der Waals surface area (Å²) >= 11 is 1.69. The van der Waals surface area contributed by atoms with Gasteiger partial charge in [-0.3, -0.25) is 9.69 Å². The van der Waals surface area contributed by atoms with Gasteiger partial charge in [-0.15, -0.1) is 11.3 Å². The SMILES string of the molecule is O=C(c1ccc(F)cc1)N1CCN(c2nc(CN3CCCC3)cs2)CC1. The van der Waals surface area contributed by atoms with Crippen molar-refractivity contribution in [2.45, 2.75) is 19.4 Å². The quantitative estimate of drug-likeness (QED) is 0.825. The van der Waals surface area contributed by atoms with Crippen LogP contribution in [0.3, 0.4) is 0 Å². The molecule has 2 saturated heterocycles. The summed E-state index contributed by atoms with van der Waals surface area (Å²) in [7, 11) is 0. The first-order valence-electron chi connectivity index (χ1n) is 9.15. The third-order valence-corrected chi connectivity index (χ3v) is 6.00.